The number of piperidine rings is 1. The van der Waals surface area contributed by atoms with E-state index in [-0.39, 0.29) is 11.3 Å². The quantitative estimate of drug-likeness (QED) is 0.863. The first kappa shape index (κ1) is 15.0. The maximum atomic E-state index is 12.3. The highest BCUT2D eigenvalue weighted by Crippen LogP contribution is 2.25. The molecular formula is C16H24N2O2. The molecule has 0 aliphatic carbocycles. The Morgan fingerprint density at radius 3 is 2.80 bits per heavy atom. The van der Waals surface area contributed by atoms with Crippen molar-refractivity contribution >= 4 is 5.91 Å². The molecule has 2 rings (SSSR count). The van der Waals surface area contributed by atoms with Crippen molar-refractivity contribution in [2.45, 2.75) is 25.9 Å². The van der Waals surface area contributed by atoms with E-state index in [4.69, 9.17) is 4.74 Å². The fourth-order valence-corrected chi connectivity index (χ4v) is 2.69. The van der Waals surface area contributed by atoms with Crippen LogP contribution in [0.25, 0.3) is 0 Å². The second-order valence-electron chi connectivity index (χ2n) is 5.84. The average molecular weight is 276 g/mol. The first-order valence-electron chi connectivity index (χ1n) is 7.21. The Morgan fingerprint density at radius 1 is 1.45 bits per heavy atom. The molecule has 1 aliphatic rings. The van der Waals surface area contributed by atoms with Crippen molar-refractivity contribution in [2.75, 3.05) is 26.7 Å². The van der Waals surface area contributed by atoms with Gasteiger partial charge in [0.15, 0.2) is 6.10 Å². The van der Waals surface area contributed by atoms with Crippen molar-refractivity contribution in [1.29, 1.82) is 0 Å². The molecule has 0 aromatic heterocycles. The van der Waals surface area contributed by atoms with E-state index in [1.165, 1.54) is 6.42 Å². The minimum atomic E-state index is -0.531. The molecule has 1 fully saturated rings. The Hall–Kier alpha value is -1.39. The molecule has 2 atom stereocenters. The highest BCUT2D eigenvalue weighted by atomic mass is 16.5. The third-order valence-electron chi connectivity index (χ3n) is 3.95. The van der Waals surface area contributed by atoms with Crippen molar-refractivity contribution in [3.8, 4) is 0 Å². The molecule has 1 aromatic carbocycles. The summed E-state index contributed by atoms with van der Waals surface area (Å²) in [5, 5.41) is 6.43. The average Bonchev–Trinajstić information content (AvgIpc) is 2.48. The van der Waals surface area contributed by atoms with Gasteiger partial charge in [0.2, 0.25) is 0 Å². The number of carbonyl (C=O) groups is 1. The van der Waals surface area contributed by atoms with Gasteiger partial charge in [-0.15, -0.1) is 0 Å². The van der Waals surface area contributed by atoms with Crippen molar-refractivity contribution in [3.63, 3.8) is 0 Å². The summed E-state index contributed by atoms with van der Waals surface area (Å²) >= 11 is 0. The highest BCUT2D eigenvalue weighted by Gasteiger charge is 2.28. The van der Waals surface area contributed by atoms with Gasteiger partial charge in [-0.3, -0.25) is 4.79 Å². The van der Waals surface area contributed by atoms with E-state index in [0.29, 0.717) is 6.54 Å². The van der Waals surface area contributed by atoms with Gasteiger partial charge in [0.25, 0.3) is 5.91 Å². The monoisotopic (exact) mass is 276 g/mol. The Bertz CT molecular complexity index is 427. The van der Waals surface area contributed by atoms with E-state index >= 15 is 0 Å². The lowest BCUT2D eigenvalue weighted by Gasteiger charge is -2.34. The van der Waals surface area contributed by atoms with Crippen molar-refractivity contribution in [1.82, 2.24) is 10.6 Å². The van der Waals surface area contributed by atoms with Crippen LogP contribution >= 0.6 is 0 Å². The van der Waals surface area contributed by atoms with Gasteiger partial charge < -0.3 is 15.4 Å². The summed E-state index contributed by atoms with van der Waals surface area (Å²) in [6.07, 6.45) is 1.78. The summed E-state index contributed by atoms with van der Waals surface area (Å²) < 4.78 is 5.34. The van der Waals surface area contributed by atoms with Gasteiger partial charge in [-0.05, 0) is 30.4 Å². The van der Waals surface area contributed by atoms with E-state index in [0.717, 1.165) is 25.1 Å². The Balaban J connectivity index is 1.93. The molecule has 2 N–H and O–H groups in total. The predicted molar refractivity (Wildman–Crippen MR) is 79.4 cm³/mol. The van der Waals surface area contributed by atoms with Crippen molar-refractivity contribution in [2.24, 2.45) is 5.41 Å². The molecule has 4 nitrogen and oxygen atoms in total. The zero-order valence-corrected chi connectivity index (χ0v) is 12.3. The molecule has 1 amide bonds. The maximum absolute atomic E-state index is 12.3. The number of carbonyl (C=O) groups excluding carboxylic acids is 1. The third-order valence-corrected chi connectivity index (χ3v) is 3.95. The van der Waals surface area contributed by atoms with Crippen LogP contribution in [0.4, 0.5) is 0 Å². The van der Waals surface area contributed by atoms with Crippen LogP contribution in [0.2, 0.25) is 0 Å². The number of hydrogen-bond acceptors (Lipinski definition) is 3. The lowest BCUT2D eigenvalue weighted by Crippen LogP contribution is -2.46. The molecule has 2 unspecified atom stereocenters. The Morgan fingerprint density at radius 2 is 2.20 bits per heavy atom. The maximum Gasteiger partial charge on any atom is 0.253 e. The lowest BCUT2D eigenvalue weighted by atomic mass is 9.83. The summed E-state index contributed by atoms with van der Waals surface area (Å²) in [7, 11) is 1.57. The second kappa shape index (κ2) is 6.86. The number of rotatable bonds is 5. The summed E-state index contributed by atoms with van der Waals surface area (Å²) in [6.45, 7) is 4.93. The Kier molecular flexibility index (Phi) is 5.15. The molecule has 1 saturated heterocycles. The van der Waals surface area contributed by atoms with E-state index in [2.05, 4.69) is 17.6 Å². The van der Waals surface area contributed by atoms with Crippen LogP contribution in [0.15, 0.2) is 30.3 Å². The number of benzene rings is 1. The Labute approximate surface area is 120 Å². The van der Waals surface area contributed by atoms with Gasteiger partial charge in [-0.1, -0.05) is 37.3 Å². The minimum Gasteiger partial charge on any atom is -0.367 e. The van der Waals surface area contributed by atoms with Crippen LogP contribution in [0.5, 0.6) is 0 Å². The largest absolute Gasteiger partial charge is 0.367 e. The number of methoxy groups -OCH3 is 1. The number of ether oxygens (including phenoxy) is 1. The number of hydrogen-bond donors (Lipinski definition) is 2. The first-order chi connectivity index (χ1) is 9.64. The molecule has 1 aliphatic heterocycles. The summed E-state index contributed by atoms with van der Waals surface area (Å²) in [4.78, 5) is 12.3. The van der Waals surface area contributed by atoms with E-state index in [9.17, 15) is 4.79 Å². The van der Waals surface area contributed by atoms with Crippen LogP contribution in [0.1, 0.15) is 31.4 Å². The van der Waals surface area contributed by atoms with Crippen molar-refractivity contribution in [3.05, 3.63) is 35.9 Å². The van der Waals surface area contributed by atoms with E-state index in [1.807, 2.05) is 30.3 Å². The molecule has 0 radical (unpaired) electrons. The minimum absolute atomic E-state index is 0.0644. The van der Waals surface area contributed by atoms with Gasteiger partial charge in [-0.25, -0.2) is 0 Å². The molecule has 1 heterocycles. The van der Waals surface area contributed by atoms with Crippen LogP contribution in [-0.4, -0.2) is 32.7 Å². The molecule has 20 heavy (non-hydrogen) atoms. The molecule has 0 saturated carbocycles. The normalized spacial score (nSPS) is 24.1. The molecule has 0 bridgehead atoms. The molecular weight excluding hydrogens is 252 g/mol. The fourth-order valence-electron chi connectivity index (χ4n) is 2.69. The van der Waals surface area contributed by atoms with Crippen LogP contribution in [0.3, 0.4) is 0 Å². The lowest BCUT2D eigenvalue weighted by molar-refractivity contribution is -0.132. The highest BCUT2D eigenvalue weighted by molar-refractivity contribution is 5.82. The second-order valence-corrected chi connectivity index (χ2v) is 5.84. The number of amides is 1. The number of nitrogens with one attached hydrogen (secondary N) is 2. The summed E-state index contributed by atoms with van der Waals surface area (Å²) in [5.41, 5.74) is 1.03. The summed E-state index contributed by atoms with van der Waals surface area (Å²) in [5.74, 6) is -0.0644. The zero-order chi connectivity index (χ0) is 14.4. The van der Waals surface area contributed by atoms with Crippen LogP contribution in [-0.2, 0) is 9.53 Å². The van der Waals surface area contributed by atoms with Crippen molar-refractivity contribution < 1.29 is 9.53 Å². The SMILES string of the molecule is COC(C(=O)NCC1(C)CCCNC1)c1ccccc1. The van der Waals surface area contributed by atoms with Gasteiger partial charge >= 0.3 is 0 Å². The standard InChI is InChI=1S/C16H24N2O2/c1-16(9-6-10-17-11-16)12-18-15(19)14(20-2)13-7-4-3-5-8-13/h3-5,7-8,14,17H,6,9-12H2,1-2H3,(H,18,19). The smallest absolute Gasteiger partial charge is 0.253 e. The van der Waals surface area contributed by atoms with E-state index in [1.54, 1.807) is 7.11 Å². The molecule has 1 aromatic rings. The predicted octanol–water partition coefficient (Wildman–Crippen LogP) is 1.88. The first-order valence-corrected chi connectivity index (χ1v) is 7.21. The topological polar surface area (TPSA) is 50.4 Å². The third kappa shape index (κ3) is 3.81. The van der Waals surface area contributed by atoms with Gasteiger partial charge in [0, 0.05) is 20.2 Å². The van der Waals surface area contributed by atoms with Crippen LogP contribution in [0, 0.1) is 5.41 Å². The van der Waals surface area contributed by atoms with Crippen LogP contribution < -0.4 is 10.6 Å². The summed E-state index contributed by atoms with van der Waals surface area (Å²) in [6, 6.07) is 9.60. The molecule has 110 valence electrons. The molecule has 4 heteroatoms. The van der Waals surface area contributed by atoms with Gasteiger partial charge in [-0.2, -0.15) is 0 Å². The van der Waals surface area contributed by atoms with Gasteiger partial charge in [0.1, 0.15) is 0 Å². The molecule has 0 spiro atoms. The van der Waals surface area contributed by atoms with E-state index < -0.39 is 6.10 Å². The van der Waals surface area contributed by atoms with Gasteiger partial charge in [0.05, 0.1) is 0 Å². The fraction of sp³-hybridized carbons (Fsp3) is 0.562. The zero-order valence-electron chi connectivity index (χ0n) is 12.3.